The minimum Gasteiger partial charge on any atom is -0.494 e. The van der Waals surface area contributed by atoms with Crippen LogP contribution in [0.5, 0.6) is 5.75 Å². The number of ether oxygens (including phenoxy) is 1. The Bertz CT molecular complexity index is 321. The van der Waals surface area contributed by atoms with Crippen molar-refractivity contribution >= 4 is 0 Å². The fraction of sp³-hybridized carbons (Fsp3) is 0.571. The van der Waals surface area contributed by atoms with E-state index in [1.807, 2.05) is 30.3 Å². The second-order valence-electron chi connectivity index (χ2n) is 5.04. The van der Waals surface area contributed by atoms with Gasteiger partial charge in [-0.2, -0.15) is 0 Å². The molecule has 1 fully saturated rings. The summed E-state index contributed by atoms with van der Waals surface area (Å²) < 4.78 is 5.73. The molecule has 1 atom stereocenters. The van der Waals surface area contributed by atoms with E-state index in [4.69, 9.17) is 10.5 Å². The van der Waals surface area contributed by atoms with E-state index in [2.05, 4.69) is 6.92 Å². The molecule has 1 saturated carbocycles. The molecule has 0 amide bonds. The van der Waals surface area contributed by atoms with Gasteiger partial charge in [0.2, 0.25) is 0 Å². The predicted molar refractivity (Wildman–Crippen MR) is 66.4 cm³/mol. The van der Waals surface area contributed by atoms with Crippen molar-refractivity contribution in [3.63, 3.8) is 0 Å². The summed E-state index contributed by atoms with van der Waals surface area (Å²) >= 11 is 0. The summed E-state index contributed by atoms with van der Waals surface area (Å²) in [5, 5.41) is 0. The normalized spacial score (nSPS) is 19.1. The Labute approximate surface area is 97.8 Å². The topological polar surface area (TPSA) is 35.2 Å². The van der Waals surface area contributed by atoms with Crippen molar-refractivity contribution in [2.45, 2.75) is 26.2 Å². The molecule has 0 saturated heterocycles. The molecule has 16 heavy (non-hydrogen) atoms. The van der Waals surface area contributed by atoms with E-state index in [9.17, 15) is 0 Å². The molecule has 1 unspecified atom stereocenters. The van der Waals surface area contributed by atoms with Crippen molar-refractivity contribution in [1.82, 2.24) is 0 Å². The van der Waals surface area contributed by atoms with E-state index in [1.165, 1.54) is 12.8 Å². The number of benzene rings is 1. The van der Waals surface area contributed by atoms with E-state index in [1.54, 1.807) is 0 Å². The Morgan fingerprint density at radius 3 is 2.56 bits per heavy atom. The van der Waals surface area contributed by atoms with Gasteiger partial charge in [-0.1, -0.05) is 25.1 Å². The maximum atomic E-state index is 5.87. The zero-order valence-corrected chi connectivity index (χ0v) is 9.99. The lowest BCUT2D eigenvalue weighted by Crippen LogP contribution is -2.31. The van der Waals surface area contributed by atoms with Gasteiger partial charge in [-0.15, -0.1) is 0 Å². The van der Waals surface area contributed by atoms with Crippen LogP contribution in [0.4, 0.5) is 0 Å². The third kappa shape index (κ3) is 2.76. The van der Waals surface area contributed by atoms with Crippen LogP contribution in [0.1, 0.15) is 26.2 Å². The van der Waals surface area contributed by atoms with Crippen LogP contribution in [0.2, 0.25) is 0 Å². The average molecular weight is 219 g/mol. The summed E-state index contributed by atoms with van der Waals surface area (Å²) in [4.78, 5) is 0. The minimum absolute atomic E-state index is 0.286. The van der Waals surface area contributed by atoms with Crippen LogP contribution in [-0.4, -0.2) is 13.2 Å². The van der Waals surface area contributed by atoms with Crippen LogP contribution in [-0.2, 0) is 0 Å². The molecule has 0 spiro atoms. The lowest BCUT2D eigenvalue weighted by molar-refractivity contribution is 0.192. The molecule has 2 rings (SSSR count). The largest absolute Gasteiger partial charge is 0.494 e. The molecular formula is C14H21NO. The Balaban J connectivity index is 1.79. The highest BCUT2D eigenvalue weighted by Crippen LogP contribution is 2.46. The van der Waals surface area contributed by atoms with Crippen molar-refractivity contribution < 1.29 is 4.74 Å². The summed E-state index contributed by atoms with van der Waals surface area (Å²) in [6, 6.07) is 9.99. The summed E-state index contributed by atoms with van der Waals surface area (Å²) in [5.74, 6) is 1.79. The standard InChI is InChI=1S/C14H21NO/c1-14(11-15,12-7-8-12)9-10-16-13-5-3-2-4-6-13/h2-6,12H,7-11,15H2,1H3. The van der Waals surface area contributed by atoms with Gasteiger partial charge in [0.15, 0.2) is 0 Å². The second kappa shape index (κ2) is 4.88. The Morgan fingerprint density at radius 1 is 1.31 bits per heavy atom. The van der Waals surface area contributed by atoms with Crippen molar-refractivity contribution in [3.05, 3.63) is 30.3 Å². The smallest absolute Gasteiger partial charge is 0.119 e. The van der Waals surface area contributed by atoms with E-state index < -0.39 is 0 Å². The molecule has 0 bridgehead atoms. The van der Waals surface area contributed by atoms with Crippen LogP contribution in [0.15, 0.2) is 30.3 Å². The van der Waals surface area contributed by atoms with E-state index in [-0.39, 0.29) is 5.41 Å². The average Bonchev–Trinajstić information content (AvgIpc) is 3.14. The first kappa shape index (κ1) is 11.5. The van der Waals surface area contributed by atoms with Gasteiger partial charge in [-0.3, -0.25) is 0 Å². The molecule has 0 radical (unpaired) electrons. The van der Waals surface area contributed by atoms with Crippen molar-refractivity contribution in [3.8, 4) is 5.75 Å². The third-order valence-corrected chi connectivity index (χ3v) is 3.71. The highest BCUT2D eigenvalue weighted by Gasteiger charge is 2.40. The summed E-state index contributed by atoms with van der Waals surface area (Å²) in [6.45, 7) is 3.84. The van der Waals surface area contributed by atoms with E-state index >= 15 is 0 Å². The SMILES string of the molecule is CC(CN)(CCOc1ccccc1)C1CC1. The van der Waals surface area contributed by atoms with Gasteiger partial charge in [-0.05, 0) is 49.3 Å². The molecule has 2 nitrogen and oxygen atoms in total. The van der Waals surface area contributed by atoms with Crippen molar-refractivity contribution in [1.29, 1.82) is 0 Å². The van der Waals surface area contributed by atoms with Gasteiger partial charge in [0.1, 0.15) is 5.75 Å². The predicted octanol–water partition coefficient (Wildman–Crippen LogP) is 2.83. The lowest BCUT2D eigenvalue weighted by Gasteiger charge is -2.27. The highest BCUT2D eigenvalue weighted by molar-refractivity contribution is 5.20. The molecule has 1 aliphatic rings. The van der Waals surface area contributed by atoms with Gasteiger partial charge in [-0.25, -0.2) is 0 Å². The fourth-order valence-corrected chi connectivity index (χ4v) is 2.17. The molecule has 0 aromatic heterocycles. The monoisotopic (exact) mass is 219 g/mol. The zero-order chi connectivity index (χ0) is 11.4. The van der Waals surface area contributed by atoms with Crippen LogP contribution in [0.25, 0.3) is 0 Å². The Morgan fingerprint density at radius 2 is 2.00 bits per heavy atom. The van der Waals surface area contributed by atoms with Crippen molar-refractivity contribution in [2.24, 2.45) is 17.1 Å². The zero-order valence-electron chi connectivity index (χ0n) is 9.99. The van der Waals surface area contributed by atoms with Crippen LogP contribution < -0.4 is 10.5 Å². The van der Waals surface area contributed by atoms with Crippen molar-refractivity contribution in [2.75, 3.05) is 13.2 Å². The molecule has 88 valence electrons. The Kier molecular flexibility index (Phi) is 3.49. The maximum absolute atomic E-state index is 5.87. The minimum atomic E-state index is 0.286. The number of para-hydroxylation sites is 1. The van der Waals surface area contributed by atoms with E-state index in [0.29, 0.717) is 0 Å². The first-order valence-electron chi connectivity index (χ1n) is 6.12. The molecule has 0 heterocycles. The number of rotatable bonds is 6. The Hall–Kier alpha value is -1.02. The van der Waals surface area contributed by atoms with Gasteiger partial charge in [0.05, 0.1) is 6.61 Å². The summed E-state index contributed by atoms with van der Waals surface area (Å²) in [6.07, 6.45) is 3.75. The molecule has 2 N–H and O–H groups in total. The lowest BCUT2D eigenvalue weighted by atomic mass is 9.82. The summed E-state index contributed by atoms with van der Waals surface area (Å²) in [7, 11) is 0. The molecule has 2 heteroatoms. The highest BCUT2D eigenvalue weighted by atomic mass is 16.5. The molecule has 1 aromatic carbocycles. The number of nitrogens with two attached hydrogens (primary N) is 1. The first-order valence-corrected chi connectivity index (χ1v) is 6.12. The first-order chi connectivity index (χ1) is 7.74. The van der Waals surface area contributed by atoms with Gasteiger partial charge >= 0.3 is 0 Å². The van der Waals surface area contributed by atoms with Crippen LogP contribution in [0, 0.1) is 11.3 Å². The molecule has 1 aromatic rings. The van der Waals surface area contributed by atoms with Crippen LogP contribution >= 0.6 is 0 Å². The fourth-order valence-electron chi connectivity index (χ4n) is 2.17. The molecular weight excluding hydrogens is 198 g/mol. The van der Waals surface area contributed by atoms with E-state index in [0.717, 1.165) is 31.2 Å². The molecule has 1 aliphatic carbocycles. The number of hydrogen-bond acceptors (Lipinski definition) is 2. The van der Waals surface area contributed by atoms with Gasteiger partial charge in [0.25, 0.3) is 0 Å². The quantitative estimate of drug-likeness (QED) is 0.798. The second-order valence-corrected chi connectivity index (χ2v) is 5.04. The summed E-state index contributed by atoms with van der Waals surface area (Å²) in [5.41, 5.74) is 6.16. The van der Waals surface area contributed by atoms with Gasteiger partial charge < -0.3 is 10.5 Å². The maximum Gasteiger partial charge on any atom is 0.119 e. The molecule has 0 aliphatic heterocycles. The third-order valence-electron chi connectivity index (χ3n) is 3.71. The van der Waals surface area contributed by atoms with Crippen LogP contribution in [0.3, 0.4) is 0 Å². The number of hydrogen-bond donors (Lipinski definition) is 1. The van der Waals surface area contributed by atoms with Gasteiger partial charge in [0, 0.05) is 0 Å².